The zero-order valence-corrected chi connectivity index (χ0v) is 17.3. The van der Waals surface area contributed by atoms with Crippen molar-refractivity contribution in [1.29, 1.82) is 0 Å². The highest BCUT2D eigenvalue weighted by molar-refractivity contribution is 6.05. The summed E-state index contributed by atoms with van der Waals surface area (Å²) in [6, 6.07) is 14.0. The van der Waals surface area contributed by atoms with Crippen LogP contribution in [0.4, 0.5) is 5.69 Å². The van der Waals surface area contributed by atoms with Crippen molar-refractivity contribution < 1.29 is 19.4 Å². The normalized spacial score (nSPS) is 23.3. The highest BCUT2D eigenvalue weighted by Gasteiger charge is 2.53. The zero-order valence-electron chi connectivity index (χ0n) is 17.3. The molecule has 3 aliphatic heterocycles. The molecule has 4 heterocycles. The number of carbonyl (C=O) groups is 1. The second kappa shape index (κ2) is 7.58. The van der Waals surface area contributed by atoms with Gasteiger partial charge in [0.15, 0.2) is 11.5 Å². The third-order valence-corrected chi connectivity index (χ3v) is 6.65. The molecule has 0 unspecified atom stereocenters. The summed E-state index contributed by atoms with van der Waals surface area (Å²) in [5.74, 6) is 1.49. The molecule has 6 rings (SSSR count). The maximum absolute atomic E-state index is 13.3. The fourth-order valence-electron chi connectivity index (χ4n) is 5.19. The van der Waals surface area contributed by atoms with Gasteiger partial charge >= 0.3 is 0 Å². The van der Waals surface area contributed by atoms with Gasteiger partial charge in [-0.2, -0.15) is 0 Å². The molecule has 3 atom stereocenters. The van der Waals surface area contributed by atoms with Gasteiger partial charge in [0, 0.05) is 49.2 Å². The van der Waals surface area contributed by atoms with Gasteiger partial charge in [0.2, 0.25) is 6.79 Å². The lowest BCUT2D eigenvalue weighted by molar-refractivity contribution is -0.0488. The largest absolute Gasteiger partial charge is 0.454 e. The summed E-state index contributed by atoms with van der Waals surface area (Å²) in [4.78, 5) is 25.6. The second-order valence-corrected chi connectivity index (χ2v) is 8.27. The fraction of sp³-hybridized carbons (Fsp3) is 0.292. The Bertz CT molecular complexity index is 1170. The third kappa shape index (κ3) is 2.95. The number of amides is 1. The van der Waals surface area contributed by atoms with Crippen molar-refractivity contribution in [2.75, 3.05) is 24.8 Å². The maximum Gasteiger partial charge on any atom is 0.278 e. The number of fused-ring (bicyclic) bond motifs is 4. The van der Waals surface area contributed by atoms with Crippen LogP contribution in [0.25, 0.3) is 0 Å². The van der Waals surface area contributed by atoms with Gasteiger partial charge in [-0.1, -0.05) is 24.3 Å². The minimum atomic E-state index is -0.167. The number of anilines is 1. The first-order chi connectivity index (χ1) is 15.7. The van der Waals surface area contributed by atoms with Crippen molar-refractivity contribution >= 4 is 11.6 Å². The van der Waals surface area contributed by atoms with E-state index in [4.69, 9.17) is 9.47 Å². The van der Waals surface area contributed by atoms with Crippen LogP contribution in [0.1, 0.15) is 27.5 Å². The van der Waals surface area contributed by atoms with E-state index in [0.717, 1.165) is 28.3 Å². The molecule has 0 spiro atoms. The van der Waals surface area contributed by atoms with E-state index in [0.29, 0.717) is 18.8 Å². The molecule has 8 heteroatoms. The molecule has 0 radical (unpaired) electrons. The number of aliphatic hydroxyl groups excluding tert-OH is 1. The number of aromatic nitrogens is 2. The summed E-state index contributed by atoms with van der Waals surface area (Å²) in [6.07, 6.45) is 4.59. The monoisotopic (exact) mass is 430 g/mol. The number of benzene rings is 2. The molecule has 1 amide bonds. The van der Waals surface area contributed by atoms with Crippen molar-refractivity contribution in [3.63, 3.8) is 0 Å². The summed E-state index contributed by atoms with van der Waals surface area (Å²) in [5, 5.41) is 10.2. The van der Waals surface area contributed by atoms with E-state index in [2.05, 4.69) is 20.9 Å². The molecule has 0 saturated carbocycles. The second-order valence-electron chi connectivity index (χ2n) is 8.27. The van der Waals surface area contributed by atoms with Crippen molar-refractivity contribution in [2.45, 2.75) is 24.5 Å². The van der Waals surface area contributed by atoms with Gasteiger partial charge in [-0.25, -0.2) is 4.98 Å². The van der Waals surface area contributed by atoms with E-state index in [1.165, 1.54) is 12.4 Å². The first-order valence-corrected chi connectivity index (χ1v) is 10.7. The Labute approximate surface area is 185 Å². The topological polar surface area (TPSA) is 88.0 Å². The van der Waals surface area contributed by atoms with E-state index in [1.807, 2.05) is 36.4 Å². The minimum absolute atomic E-state index is 0.0136. The number of carbonyl (C=O) groups excluding carboxylic acids is 1. The van der Waals surface area contributed by atoms with E-state index in [-0.39, 0.29) is 37.3 Å². The Morgan fingerprint density at radius 3 is 2.84 bits per heavy atom. The molecule has 3 aliphatic rings. The predicted octanol–water partition coefficient (Wildman–Crippen LogP) is 2.19. The van der Waals surface area contributed by atoms with Gasteiger partial charge in [-0.15, -0.1) is 0 Å². The standard InChI is InChI=1S/C24H22N4O4/c29-13-20-23-16-3-1-2-4-18(16)28(24(30)17-10-25-7-8-26-17)12-19(23)27(20)11-15-5-6-21-22(9-15)32-14-31-21/h1-10,19-20,23,29H,11-14H2/t19-,20+,23+/m0/s1. The molecular weight excluding hydrogens is 408 g/mol. The number of hydrogen-bond donors (Lipinski definition) is 1. The summed E-state index contributed by atoms with van der Waals surface area (Å²) in [7, 11) is 0. The number of likely N-dealkylation sites (tertiary alicyclic amines) is 1. The molecule has 1 aromatic heterocycles. The van der Waals surface area contributed by atoms with Gasteiger partial charge in [-0.05, 0) is 29.3 Å². The minimum Gasteiger partial charge on any atom is -0.454 e. The molecule has 162 valence electrons. The summed E-state index contributed by atoms with van der Waals surface area (Å²) >= 11 is 0. The number of rotatable bonds is 4. The maximum atomic E-state index is 13.3. The molecule has 32 heavy (non-hydrogen) atoms. The van der Waals surface area contributed by atoms with Crippen LogP contribution in [0.2, 0.25) is 0 Å². The lowest BCUT2D eigenvalue weighted by Crippen LogP contribution is -2.68. The van der Waals surface area contributed by atoms with Gasteiger partial charge in [-0.3, -0.25) is 14.7 Å². The van der Waals surface area contributed by atoms with Crippen LogP contribution in [-0.2, 0) is 6.54 Å². The number of aliphatic hydroxyl groups is 1. The van der Waals surface area contributed by atoms with E-state index < -0.39 is 0 Å². The van der Waals surface area contributed by atoms with Gasteiger partial charge in [0.05, 0.1) is 12.8 Å². The highest BCUT2D eigenvalue weighted by atomic mass is 16.7. The smallest absolute Gasteiger partial charge is 0.278 e. The number of hydrogen-bond acceptors (Lipinski definition) is 7. The quantitative estimate of drug-likeness (QED) is 0.679. The van der Waals surface area contributed by atoms with Crippen molar-refractivity contribution in [3.8, 4) is 11.5 Å². The van der Waals surface area contributed by atoms with Crippen molar-refractivity contribution in [3.05, 3.63) is 77.9 Å². The van der Waals surface area contributed by atoms with E-state index in [1.54, 1.807) is 11.1 Å². The van der Waals surface area contributed by atoms with Crippen LogP contribution in [0.5, 0.6) is 11.5 Å². The number of nitrogens with zero attached hydrogens (tertiary/aromatic N) is 4. The van der Waals surface area contributed by atoms with Gasteiger partial charge in [0.1, 0.15) is 5.69 Å². The highest BCUT2D eigenvalue weighted by Crippen LogP contribution is 2.49. The Morgan fingerprint density at radius 2 is 2.00 bits per heavy atom. The van der Waals surface area contributed by atoms with Crippen LogP contribution >= 0.6 is 0 Å². The summed E-state index contributed by atoms with van der Waals surface area (Å²) < 4.78 is 10.9. The molecule has 3 aromatic rings. The zero-order chi connectivity index (χ0) is 21.7. The van der Waals surface area contributed by atoms with Crippen LogP contribution < -0.4 is 14.4 Å². The average molecular weight is 430 g/mol. The van der Waals surface area contributed by atoms with Crippen LogP contribution in [0, 0.1) is 0 Å². The average Bonchev–Trinajstić information content (AvgIpc) is 3.30. The van der Waals surface area contributed by atoms with Crippen LogP contribution in [0.15, 0.2) is 61.1 Å². The first kappa shape index (κ1) is 19.2. The Kier molecular flexibility index (Phi) is 4.55. The lowest BCUT2D eigenvalue weighted by atomic mass is 9.71. The molecule has 2 aromatic carbocycles. The molecule has 0 bridgehead atoms. The van der Waals surface area contributed by atoms with Gasteiger partial charge < -0.3 is 19.5 Å². The van der Waals surface area contributed by atoms with E-state index in [9.17, 15) is 9.90 Å². The Hall–Kier alpha value is -3.49. The predicted molar refractivity (Wildman–Crippen MR) is 116 cm³/mol. The van der Waals surface area contributed by atoms with Crippen molar-refractivity contribution in [2.24, 2.45) is 0 Å². The fourth-order valence-corrected chi connectivity index (χ4v) is 5.19. The summed E-state index contributed by atoms with van der Waals surface area (Å²) in [5.41, 5.74) is 3.37. The number of ether oxygens (including phenoxy) is 2. The summed E-state index contributed by atoms with van der Waals surface area (Å²) in [6.45, 7) is 1.47. The van der Waals surface area contributed by atoms with Crippen LogP contribution in [0.3, 0.4) is 0 Å². The molecule has 1 fully saturated rings. The van der Waals surface area contributed by atoms with E-state index >= 15 is 0 Å². The molecular formula is C24H22N4O4. The number of para-hydroxylation sites is 1. The third-order valence-electron chi connectivity index (χ3n) is 6.65. The molecule has 8 nitrogen and oxygen atoms in total. The first-order valence-electron chi connectivity index (χ1n) is 10.7. The van der Waals surface area contributed by atoms with Crippen molar-refractivity contribution in [1.82, 2.24) is 14.9 Å². The lowest BCUT2D eigenvalue weighted by Gasteiger charge is -2.59. The molecule has 0 aliphatic carbocycles. The molecule has 1 N–H and O–H groups in total. The van der Waals surface area contributed by atoms with Gasteiger partial charge in [0.25, 0.3) is 5.91 Å². The van der Waals surface area contributed by atoms with Crippen LogP contribution in [-0.4, -0.2) is 57.9 Å². The Morgan fingerprint density at radius 1 is 1.12 bits per heavy atom. The molecule has 1 saturated heterocycles. The Balaban J connectivity index is 1.33. The SMILES string of the molecule is O=C(c1cnccn1)N1C[C@H]2[C@@H](c3ccccc31)[C@@H](CO)N2Cc1ccc2c(c1)OCO2.